The lowest BCUT2D eigenvalue weighted by Gasteiger charge is -2.24. The van der Waals surface area contributed by atoms with Gasteiger partial charge in [0, 0.05) is 28.6 Å². The molecule has 104 valence electrons. The highest BCUT2D eigenvalue weighted by Gasteiger charge is 2.32. The number of halogens is 2. The number of anilines is 1. The minimum Gasteiger partial charge on any atom is -0.309 e. The number of rotatable bonds is 2. The van der Waals surface area contributed by atoms with E-state index in [1.165, 1.54) is 12.1 Å². The summed E-state index contributed by atoms with van der Waals surface area (Å²) in [4.78, 5) is 11.8. The fraction of sp³-hybridized carbons (Fsp3) is 0.286. The van der Waals surface area contributed by atoms with Gasteiger partial charge in [-0.25, -0.2) is 4.39 Å². The summed E-state index contributed by atoms with van der Waals surface area (Å²) in [6.45, 7) is 2.01. The molecular weight excluding hydrogens is 281 g/mol. The molecule has 1 amide bonds. The molecule has 0 spiro atoms. The van der Waals surface area contributed by atoms with Gasteiger partial charge in [0.1, 0.15) is 5.82 Å². The lowest BCUT2D eigenvalue weighted by atomic mass is 9.85. The number of carbonyl (C=O) groups is 1. The van der Waals surface area contributed by atoms with Crippen molar-refractivity contribution in [2.45, 2.75) is 25.7 Å². The molecule has 0 unspecified atom stereocenters. The topological polar surface area (TPSA) is 57.8 Å². The molecule has 0 aliphatic carbocycles. The van der Waals surface area contributed by atoms with Crippen molar-refractivity contribution in [1.82, 2.24) is 10.2 Å². The third-order valence-corrected chi connectivity index (χ3v) is 3.90. The summed E-state index contributed by atoms with van der Waals surface area (Å²) < 4.78 is 13.2. The summed E-state index contributed by atoms with van der Waals surface area (Å²) in [6.07, 6.45) is 1.05. The van der Waals surface area contributed by atoms with Gasteiger partial charge in [-0.3, -0.25) is 9.89 Å². The number of nitrogens with one attached hydrogen (secondary N) is 2. The molecule has 0 saturated heterocycles. The largest absolute Gasteiger partial charge is 0.309 e. The van der Waals surface area contributed by atoms with Gasteiger partial charge in [0.15, 0.2) is 5.82 Å². The van der Waals surface area contributed by atoms with E-state index >= 15 is 0 Å². The minimum atomic E-state index is -0.387. The fourth-order valence-corrected chi connectivity index (χ4v) is 2.95. The lowest BCUT2D eigenvalue weighted by Crippen LogP contribution is -2.23. The van der Waals surface area contributed by atoms with Crippen LogP contribution in [-0.2, 0) is 11.2 Å². The average molecular weight is 294 g/mol. The second-order valence-corrected chi connectivity index (χ2v) is 5.20. The SMILES string of the molecule is CCc1[nH]nc2c1[C@H](c1ccc(F)cc1Cl)CC(=O)N2. The second kappa shape index (κ2) is 4.90. The highest BCUT2D eigenvalue weighted by Crippen LogP contribution is 2.40. The molecule has 4 nitrogen and oxygen atoms in total. The van der Waals surface area contributed by atoms with Crippen LogP contribution in [0.2, 0.25) is 5.02 Å². The Labute approximate surface area is 120 Å². The van der Waals surface area contributed by atoms with Crippen LogP contribution in [0.4, 0.5) is 10.2 Å². The predicted octanol–water partition coefficient (Wildman–Crippen LogP) is 3.24. The van der Waals surface area contributed by atoms with Crippen molar-refractivity contribution in [2.24, 2.45) is 0 Å². The highest BCUT2D eigenvalue weighted by atomic mass is 35.5. The average Bonchev–Trinajstić information content (AvgIpc) is 2.80. The fourth-order valence-electron chi connectivity index (χ4n) is 2.65. The third-order valence-electron chi connectivity index (χ3n) is 3.57. The van der Waals surface area contributed by atoms with Gasteiger partial charge in [-0.2, -0.15) is 5.10 Å². The van der Waals surface area contributed by atoms with E-state index in [4.69, 9.17) is 11.6 Å². The Bertz CT molecular complexity index is 683. The number of amides is 1. The number of H-pyrrole nitrogens is 1. The van der Waals surface area contributed by atoms with E-state index in [0.29, 0.717) is 10.8 Å². The van der Waals surface area contributed by atoms with E-state index < -0.39 is 0 Å². The van der Waals surface area contributed by atoms with Crippen molar-refractivity contribution in [3.05, 3.63) is 45.9 Å². The summed E-state index contributed by atoms with van der Waals surface area (Å²) in [5, 5.41) is 10.1. The molecule has 20 heavy (non-hydrogen) atoms. The number of aromatic amines is 1. The van der Waals surface area contributed by atoms with Gasteiger partial charge >= 0.3 is 0 Å². The number of nitrogens with zero attached hydrogens (tertiary/aromatic N) is 1. The zero-order valence-corrected chi connectivity index (χ0v) is 11.6. The number of hydrogen-bond acceptors (Lipinski definition) is 2. The maximum absolute atomic E-state index is 13.2. The first-order valence-corrected chi connectivity index (χ1v) is 6.80. The maximum atomic E-state index is 13.2. The molecule has 1 aliphatic heterocycles. The van der Waals surface area contributed by atoms with Crippen LogP contribution < -0.4 is 5.32 Å². The summed E-state index contributed by atoms with van der Waals surface area (Å²) in [5.41, 5.74) is 2.66. The number of benzene rings is 1. The predicted molar refractivity (Wildman–Crippen MR) is 74.5 cm³/mol. The van der Waals surface area contributed by atoms with Crippen LogP contribution >= 0.6 is 11.6 Å². The van der Waals surface area contributed by atoms with Crippen LogP contribution in [0.15, 0.2) is 18.2 Å². The zero-order chi connectivity index (χ0) is 14.3. The first-order chi connectivity index (χ1) is 9.60. The van der Waals surface area contributed by atoms with Crippen LogP contribution in [-0.4, -0.2) is 16.1 Å². The quantitative estimate of drug-likeness (QED) is 0.893. The van der Waals surface area contributed by atoms with Crippen LogP contribution in [0.1, 0.15) is 36.1 Å². The third kappa shape index (κ3) is 2.08. The normalized spacial score (nSPS) is 17.8. The Morgan fingerprint density at radius 1 is 1.50 bits per heavy atom. The molecular formula is C14H13ClFN3O. The van der Waals surface area contributed by atoms with E-state index in [9.17, 15) is 9.18 Å². The van der Waals surface area contributed by atoms with Gasteiger partial charge in [-0.05, 0) is 24.1 Å². The van der Waals surface area contributed by atoms with Gasteiger partial charge in [-0.15, -0.1) is 0 Å². The minimum absolute atomic E-state index is 0.114. The van der Waals surface area contributed by atoms with Gasteiger partial charge in [0.05, 0.1) is 0 Å². The standard InChI is InChI=1S/C14H13ClFN3O/c1-2-11-13-9(6-12(20)17-14(13)19-18-11)8-4-3-7(16)5-10(8)15/h3-5,9H,2,6H2,1H3,(H2,17,18,19,20)/t9-/m0/s1. The molecule has 2 heterocycles. The van der Waals surface area contributed by atoms with Crippen LogP contribution in [0.25, 0.3) is 0 Å². The Balaban J connectivity index is 2.14. The van der Waals surface area contributed by atoms with Crippen LogP contribution in [0.3, 0.4) is 0 Å². The van der Waals surface area contributed by atoms with Gasteiger partial charge in [0.25, 0.3) is 0 Å². The summed E-state index contributed by atoms with van der Waals surface area (Å²) in [5.74, 6) is -0.150. The highest BCUT2D eigenvalue weighted by molar-refractivity contribution is 6.31. The van der Waals surface area contributed by atoms with Crippen molar-refractivity contribution in [2.75, 3.05) is 5.32 Å². The molecule has 1 atom stereocenters. The second-order valence-electron chi connectivity index (χ2n) is 4.79. The van der Waals surface area contributed by atoms with E-state index in [0.717, 1.165) is 23.2 Å². The number of hydrogen-bond donors (Lipinski definition) is 2. The molecule has 2 N–H and O–H groups in total. The van der Waals surface area contributed by atoms with E-state index in [1.54, 1.807) is 6.07 Å². The first kappa shape index (κ1) is 13.1. The molecule has 0 fully saturated rings. The lowest BCUT2D eigenvalue weighted by molar-refractivity contribution is -0.116. The van der Waals surface area contributed by atoms with Crippen molar-refractivity contribution in [3.8, 4) is 0 Å². The monoisotopic (exact) mass is 293 g/mol. The molecule has 3 rings (SSSR count). The van der Waals surface area contributed by atoms with E-state index in [2.05, 4.69) is 15.5 Å². The zero-order valence-electron chi connectivity index (χ0n) is 10.8. The number of carbonyl (C=O) groups excluding carboxylic acids is 1. The summed E-state index contributed by atoms with van der Waals surface area (Å²) in [6, 6.07) is 4.27. The molecule has 0 radical (unpaired) electrons. The number of aromatic nitrogens is 2. The van der Waals surface area contributed by atoms with Crippen molar-refractivity contribution in [3.63, 3.8) is 0 Å². The molecule has 1 aromatic carbocycles. The van der Waals surface area contributed by atoms with Crippen molar-refractivity contribution >= 4 is 23.3 Å². The van der Waals surface area contributed by atoms with Gasteiger partial charge in [0.2, 0.25) is 5.91 Å². The van der Waals surface area contributed by atoms with Crippen LogP contribution in [0.5, 0.6) is 0 Å². The summed E-state index contributed by atoms with van der Waals surface area (Å²) in [7, 11) is 0. The first-order valence-electron chi connectivity index (χ1n) is 6.42. The molecule has 1 aliphatic rings. The Morgan fingerprint density at radius 3 is 3.00 bits per heavy atom. The molecule has 0 saturated carbocycles. The van der Waals surface area contributed by atoms with E-state index in [1.807, 2.05) is 6.92 Å². The summed E-state index contributed by atoms with van der Waals surface area (Å²) >= 11 is 6.14. The Kier molecular flexibility index (Phi) is 3.22. The van der Waals surface area contributed by atoms with Gasteiger partial charge in [-0.1, -0.05) is 24.6 Å². The number of fused-ring (bicyclic) bond motifs is 1. The molecule has 6 heteroatoms. The van der Waals surface area contributed by atoms with Crippen LogP contribution in [0, 0.1) is 5.82 Å². The van der Waals surface area contributed by atoms with E-state index in [-0.39, 0.29) is 24.1 Å². The van der Waals surface area contributed by atoms with Gasteiger partial charge < -0.3 is 5.32 Å². The van der Waals surface area contributed by atoms with Crippen molar-refractivity contribution < 1.29 is 9.18 Å². The Hall–Kier alpha value is -1.88. The molecule has 1 aromatic heterocycles. The maximum Gasteiger partial charge on any atom is 0.226 e. The molecule has 2 aromatic rings. The van der Waals surface area contributed by atoms with Crippen molar-refractivity contribution in [1.29, 1.82) is 0 Å². The smallest absolute Gasteiger partial charge is 0.226 e. The Morgan fingerprint density at radius 2 is 2.30 bits per heavy atom. The molecule has 0 bridgehead atoms. The number of aryl methyl sites for hydroxylation is 1.